The summed E-state index contributed by atoms with van der Waals surface area (Å²) in [6.45, 7) is 1.92. The van der Waals surface area contributed by atoms with Crippen LogP contribution in [0.2, 0.25) is 0 Å². The number of amides is 1. The van der Waals surface area contributed by atoms with Crippen molar-refractivity contribution in [3.05, 3.63) is 0 Å². The number of carbonyl (C=O) groups is 1. The second kappa shape index (κ2) is 6.56. The summed E-state index contributed by atoms with van der Waals surface area (Å²) >= 11 is 0. The second-order valence-corrected chi connectivity index (χ2v) is 4.12. The van der Waals surface area contributed by atoms with Crippen LogP contribution in [0.1, 0.15) is 39.0 Å². The molecule has 0 bridgehead atoms. The number of hydrogen-bond acceptors (Lipinski definition) is 3. The topological polar surface area (TPSA) is 58.2 Å². The monoisotopic (exact) mass is 211 g/mol. The van der Waals surface area contributed by atoms with Gasteiger partial charge in [-0.1, -0.05) is 19.3 Å². The van der Waals surface area contributed by atoms with Crippen molar-refractivity contribution in [1.29, 1.82) is 0 Å². The van der Waals surface area contributed by atoms with Crippen molar-refractivity contribution < 1.29 is 9.59 Å². The first-order valence-corrected chi connectivity index (χ1v) is 5.63. The van der Waals surface area contributed by atoms with Gasteiger partial charge in [0, 0.05) is 6.04 Å². The highest BCUT2D eigenvalue weighted by Crippen LogP contribution is 2.16. The molecule has 1 amide bonds. The lowest BCUT2D eigenvalue weighted by atomic mass is 9.95. The Kier molecular flexibility index (Phi) is 5.32. The van der Waals surface area contributed by atoms with Gasteiger partial charge in [-0.15, -0.1) is 0 Å². The lowest BCUT2D eigenvalue weighted by Crippen LogP contribution is -2.43. The van der Waals surface area contributed by atoms with E-state index >= 15 is 0 Å². The molecule has 4 nitrogen and oxygen atoms in total. The summed E-state index contributed by atoms with van der Waals surface area (Å²) in [7, 11) is 0. The molecule has 1 radical (unpaired) electrons. The number of nitrogens with one attached hydrogen (secondary N) is 2. The Morgan fingerprint density at radius 2 is 2.07 bits per heavy atom. The molecule has 1 unspecified atom stereocenters. The molecule has 15 heavy (non-hydrogen) atoms. The minimum absolute atomic E-state index is 0.128. The van der Waals surface area contributed by atoms with Crippen LogP contribution in [-0.4, -0.2) is 30.8 Å². The van der Waals surface area contributed by atoms with E-state index in [2.05, 4.69) is 10.6 Å². The second-order valence-electron chi connectivity index (χ2n) is 4.12. The fourth-order valence-electron chi connectivity index (χ4n) is 1.87. The summed E-state index contributed by atoms with van der Waals surface area (Å²) in [6, 6.07) is -0.0364. The molecule has 1 saturated carbocycles. The average molecular weight is 211 g/mol. The normalized spacial score (nSPS) is 19.5. The highest BCUT2D eigenvalue weighted by molar-refractivity contribution is 5.81. The van der Waals surface area contributed by atoms with E-state index < -0.39 is 6.04 Å². The van der Waals surface area contributed by atoms with Crippen molar-refractivity contribution in [2.75, 3.05) is 6.54 Å². The first-order valence-electron chi connectivity index (χ1n) is 5.63. The van der Waals surface area contributed by atoms with E-state index in [9.17, 15) is 9.59 Å². The van der Waals surface area contributed by atoms with Crippen molar-refractivity contribution in [2.45, 2.75) is 51.1 Å². The molecule has 2 N–H and O–H groups in total. The molecule has 0 aliphatic heterocycles. The lowest BCUT2D eigenvalue weighted by molar-refractivity contribution is -0.120. The Bertz CT molecular complexity index is 213. The third-order valence-corrected chi connectivity index (χ3v) is 2.71. The Morgan fingerprint density at radius 1 is 1.40 bits per heavy atom. The maximum Gasteiger partial charge on any atom is 0.234 e. The number of hydrogen-bond donors (Lipinski definition) is 2. The fourth-order valence-corrected chi connectivity index (χ4v) is 1.87. The Balaban J connectivity index is 2.12. The molecule has 1 rings (SSSR count). The molecule has 1 aliphatic carbocycles. The van der Waals surface area contributed by atoms with Gasteiger partial charge in [0.25, 0.3) is 0 Å². The summed E-state index contributed by atoms with van der Waals surface area (Å²) in [5, 5.41) is 5.75. The molecule has 1 fully saturated rings. The lowest BCUT2D eigenvalue weighted by Gasteiger charge is -2.22. The zero-order valence-electron chi connectivity index (χ0n) is 9.21. The van der Waals surface area contributed by atoms with E-state index in [-0.39, 0.29) is 5.91 Å². The van der Waals surface area contributed by atoms with Crippen molar-refractivity contribution in [1.82, 2.24) is 10.6 Å². The van der Waals surface area contributed by atoms with Crippen LogP contribution in [0.4, 0.5) is 0 Å². The summed E-state index contributed by atoms with van der Waals surface area (Å²) in [4.78, 5) is 21.5. The van der Waals surface area contributed by atoms with Crippen LogP contribution in [0.5, 0.6) is 0 Å². The van der Waals surface area contributed by atoms with E-state index in [1.165, 1.54) is 19.3 Å². The van der Waals surface area contributed by atoms with Crippen LogP contribution in [0.25, 0.3) is 0 Å². The average Bonchev–Trinajstić information content (AvgIpc) is 2.27. The van der Waals surface area contributed by atoms with E-state index in [1.54, 1.807) is 13.2 Å². The molecule has 0 saturated heterocycles. The molecule has 0 heterocycles. The van der Waals surface area contributed by atoms with Crippen LogP contribution in [0, 0.1) is 0 Å². The maximum atomic E-state index is 11.3. The molecular weight excluding hydrogens is 192 g/mol. The van der Waals surface area contributed by atoms with Gasteiger partial charge in [0.2, 0.25) is 12.2 Å². The van der Waals surface area contributed by atoms with Crippen molar-refractivity contribution in [3.8, 4) is 0 Å². The Labute approximate surface area is 90.8 Å². The zero-order valence-corrected chi connectivity index (χ0v) is 9.21. The summed E-state index contributed by atoms with van der Waals surface area (Å²) in [5.41, 5.74) is 0. The summed E-state index contributed by atoms with van der Waals surface area (Å²) in [5.74, 6) is -0.128. The van der Waals surface area contributed by atoms with Crippen LogP contribution in [-0.2, 0) is 9.59 Å². The Morgan fingerprint density at radius 3 is 2.67 bits per heavy atom. The van der Waals surface area contributed by atoms with Crippen LogP contribution >= 0.6 is 0 Å². The first-order chi connectivity index (χ1) is 7.22. The highest BCUT2D eigenvalue weighted by Gasteiger charge is 2.14. The standard InChI is InChI=1S/C11H19N2O2/c1-9(8-14)13-11(15)7-12-10-5-3-2-4-6-10/h9-10,12H,2-7H2,1H3,(H,13,15). The minimum atomic E-state index is -0.509. The van der Waals surface area contributed by atoms with E-state index in [0.29, 0.717) is 12.6 Å². The van der Waals surface area contributed by atoms with Crippen molar-refractivity contribution in [3.63, 3.8) is 0 Å². The van der Waals surface area contributed by atoms with Gasteiger partial charge in [-0.3, -0.25) is 9.59 Å². The molecule has 0 aromatic carbocycles. The number of carbonyl (C=O) groups excluding carboxylic acids is 2. The summed E-state index contributed by atoms with van der Waals surface area (Å²) < 4.78 is 0. The molecule has 0 aromatic rings. The van der Waals surface area contributed by atoms with E-state index in [1.807, 2.05) is 0 Å². The largest absolute Gasteiger partial charge is 0.345 e. The fraction of sp³-hybridized carbons (Fsp3) is 0.818. The van der Waals surface area contributed by atoms with Gasteiger partial charge in [0.15, 0.2) is 0 Å². The summed E-state index contributed by atoms with van der Waals surface area (Å²) in [6.07, 6.45) is 7.84. The Hall–Kier alpha value is -0.900. The van der Waals surface area contributed by atoms with Gasteiger partial charge in [0.1, 0.15) is 0 Å². The SMILES string of the molecule is CC([C]=O)NC(=O)CNC1CCCCC1. The van der Waals surface area contributed by atoms with Gasteiger partial charge < -0.3 is 10.6 Å². The molecule has 0 spiro atoms. The minimum Gasteiger partial charge on any atom is -0.345 e. The molecule has 1 aliphatic rings. The zero-order chi connectivity index (χ0) is 11.1. The van der Waals surface area contributed by atoms with Crippen LogP contribution in [0.3, 0.4) is 0 Å². The van der Waals surface area contributed by atoms with Gasteiger partial charge in [-0.25, -0.2) is 0 Å². The molecule has 85 valence electrons. The van der Waals surface area contributed by atoms with Crippen LogP contribution < -0.4 is 10.6 Å². The van der Waals surface area contributed by atoms with Crippen LogP contribution in [0.15, 0.2) is 0 Å². The van der Waals surface area contributed by atoms with Crippen molar-refractivity contribution in [2.24, 2.45) is 0 Å². The van der Waals surface area contributed by atoms with Gasteiger partial charge >= 0.3 is 0 Å². The highest BCUT2D eigenvalue weighted by atomic mass is 16.2. The quantitative estimate of drug-likeness (QED) is 0.697. The predicted molar refractivity (Wildman–Crippen MR) is 58.2 cm³/mol. The van der Waals surface area contributed by atoms with Gasteiger partial charge in [-0.2, -0.15) is 0 Å². The van der Waals surface area contributed by atoms with E-state index in [0.717, 1.165) is 12.8 Å². The predicted octanol–water partition coefficient (Wildman–Crippen LogP) is 0.523. The number of rotatable bonds is 5. The third kappa shape index (κ3) is 4.93. The molecular formula is C11H19N2O2. The first kappa shape index (κ1) is 12.2. The molecule has 0 aromatic heterocycles. The van der Waals surface area contributed by atoms with E-state index in [4.69, 9.17) is 0 Å². The van der Waals surface area contributed by atoms with Gasteiger partial charge in [0.05, 0.1) is 12.6 Å². The maximum absolute atomic E-state index is 11.3. The molecule has 4 heteroatoms. The smallest absolute Gasteiger partial charge is 0.234 e. The van der Waals surface area contributed by atoms with Crippen molar-refractivity contribution >= 4 is 12.2 Å². The third-order valence-electron chi connectivity index (χ3n) is 2.71. The molecule has 1 atom stereocenters. The van der Waals surface area contributed by atoms with Gasteiger partial charge in [-0.05, 0) is 19.8 Å².